The average molecular weight is 189 g/mol. The van der Waals surface area contributed by atoms with E-state index in [-0.39, 0.29) is 0 Å². The summed E-state index contributed by atoms with van der Waals surface area (Å²) in [6.07, 6.45) is 6.16. The van der Waals surface area contributed by atoms with Gasteiger partial charge in [-0.15, -0.1) is 0 Å². The standard InChI is InChI=1S/C10H23NS/c1-5-6-10(2,9-11-3)7-8-12-4/h11H,5-9H2,1-4H3. The lowest BCUT2D eigenvalue weighted by Gasteiger charge is -2.28. The summed E-state index contributed by atoms with van der Waals surface area (Å²) in [5.74, 6) is 1.29. The van der Waals surface area contributed by atoms with Gasteiger partial charge >= 0.3 is 0 Å². The maximum absolute atomic E-state index is 3.29. The lowest BCUT2D eigenvalue weighted by atomic mass is 9.83. The molecule has 0 spiro atoms. The molecule has 1 unspecified atom stereocenters. The van der Waals surface area contributed by atoms with Crippen LogP contribution < -0.4 is 5.32 Å². The molecule has 1 nitrogen and oxygen atoms in total. The Labute approximate surface area is 81.7 Å². The Kier molecular flexibility index (Phi) is 6.96. The van der Waals surface area contributed by atoms with E-state index in [9.17, 15) is 0 Å². The van der Waals surface area contributed by atoms with E-state index in [1.165, 1.54) is 25.0 Å². The highest BCUT2D eigenvalue weighted by Gasteiger charge is 2.21. The van der Waals surface area contributed by atoms with Crippen LogP contribution in [0, 0.1) is 5.41 Å². The molecule has 0 aromatic heterocycles. The average Bonchev–Trinajstić information content (AvgIpc) is 2.02. The highest BCUT2D eigenvalue weighted by Crippen LogP contribution is 2.27. The van der Waals surface area contributed by atoms with Crippen molar-refractivity contribution in [3.05, 3.63) is 0 Å². The SMILES string of the molecule is CCCC(C)(CCSC)CNC. The van der Waals surface area contributed by atoms with Crippen molar-refractivity contribution in [3.8, 4) is 0 Å². The molecule has 1 N–H and O–H groups in total. The lowest BCUT2D eigenvalue weighted by molar-refractivity contribution is 0.276. The molecule has 0 heterocycles. The minimum atomic E-state index is 0.520. The van der Waals surface area contributed by atoms with Crippen molar-refractivity contribution in [2.24, 2.45) is 5.41 Å². The van der Waals surface area contributed by atoms with Gasteiger partial charge in [0.25, 0.3) is 0 Å². The van der Waals surface area contributed by atoms with Crippen molar-refractivity contribution in [3.63, 3.8) is 0 Å². The number of nitrogens with one attached hydrogen (secondary N) is 1. The van der Waals surface area contributed by atoms with Crippen LogP contribution in [0.25, 0.3) is 0 Å². The van der Waals surface area contributed by atoms with Gasteiger partial charge in [0.2, 0.25) is 0 Å². The quantitative estimate of drug-likeness (QED) is 0.661. The molecule has 0 aliphatic rings. The second-order valence-corrected chi connectivity index (χ2v) is 4.82. The second kappa shape index (κ2) is 6.79. The molecule has 2 heteroatoms. The Morgan fingerprint density at radius 2 is 2.00 bits per heavy atom. The normalized spacial score (nSPS) is 16.0. The minimum Gasteiger partial charge on any atom is -0.319 e. The number of hydrogen-bond donors (Lipinski definition) is 1. The van der Waals surface area contributed by atoms with Crippen LogP contribution in [0.5, 0.6) is 0 Å². The fourth-order valence-electron chi connectivity index (χ4n) is 1.68. The zero-order valence-electron chi connectivity index (χ0n) is 8.94. The van der Waals surface area contributed by atoms with Crippen molar-refractivity contribution >= 4 is 11.8 Å². The second-order valence-electron chi connectivity index (χ2n) is 3.83. The first-order valence-corrected chi connectivity index (χ1v) is 6.21. The first-order valence-electron chi connectivity index (χ1n) is 4.82. The molecule has 0 aliphatic carbocycles. The summed E-state index contributed by atoms with van der Waals surface area (Å²) in [5.41, 5.74) is 0.520. The van der Waals surface area contributed by atoms with Gasteiger partial charge in [-0.2, -0.15) is 11.8 Å². The van der Waals surface area contributed by atoms with E-state index in [1.807, 2.05) is 18.8 Å². The molecule has 0 aliphatic heterocycles. The van der Waals surface area contributed by atoms with Gasteiger partial charge in [-0.3, -0.25) is 0 Å². The monoisotopic (exact) mass is 189 g/mol. The van der Waals surface area contributed by atoms with Gasteiger partial charge in [0, 0.05) is 6.54 Å². The number of hydrogen-bond acceptors (Lipinski definition) is 2. The Bertz CT molecular complexity index is 98.0. The highest BCUT2D eigenvalue weighted by atomic mass is 32.2. The predicted octanol–water partition coefficient (Wildman–Crippen LogP) is 2.77. The van der Waals surface area contributed by atoms with Crippen LogP contribution in [0.1, 0.15) is 33.1 Å². The summed E-state index contributed by atoms with van der Waals surface area (Å²) >= 11 is 1.95. The zero-order valence-corrected chi connectivity index (χ0v) is 9.76. The molecular formula is C10H23NS. The lowest BCUT2D eigenvalue weighted by Crippen LogP contribution is -2.30. The summed E-state index contributed by atoms with van der Waals surface area (Å²) in [5, 5.41) is 3.29. The summed E-state index contributed by atoms with van der Waals surface area (Å²) in [7, 11) is 2.05. The molecule has 74 valence electrons. The van der Waals surface area contributed by atoms with Gasteiger partial charge in [0.15, 0.2) is 0 Å². The van der Waals surface area contributed by atoms with Crippen LogP contribution in [0.15, 0.2) is 0 Å². The van der Waals surface area contributed by atoms with Crippen LogP contribution in [-0.4, -0.2) is 25.6 Å². The van der Waals surface area contributed by atoms with Gasteiger partial charge in [-0.05, 0) is 37.3 Å². The molecule has 12 heavy (non-hydrogen) atoms. The van der Waals surface area contributed by atoms with E-state index >= 15 is 0 Å². The number of thioether (sulfide) groups is 1. The van der Waals surface area contributed by atoms with Crippen molar-refractivity contribution in [2.45, 2.75) is 33.1 Å². The zero-order chi connectivity index (χ0) is 9.45. The van der Waals surface area contributed by atoms with Crippen LogP contribution in [0.4, 0.5) is 0 Å². The largest absolute Gasteiger partial charge is 0.319 e. The van der Waals surface area contributed by atoms with Gasteiger partial charge in [0.05, 0.1) is 0 Å². The van der Waals surface area contributed by atoms with Crippen LogP contribution >= 0.6 is 11.8 Å². The first-order chi connectivity index (χ1) is 5.68. The Morgan fingerprint density at radius 3 is 2.42 bits per heavy atom. The van der Waals surface area contributed by atoms with E-state index in [2.05, 4.69) is 25.4 Å². The van der Waals surface area contributed by atoms with Crippen LogP contribution in [0.2, 0.25) is 0 Å². The topological polar surface area (TPSA) is 12.0 Å². The number of rotatable bonds is 7. The molecule has 0 saturated carbocycles. The van der Waals surface area contributed by atoms with Crippen LogP contribution in [-0.2, 0) is 0 Å². The molecule has 0 amide bonds. The van der Waals surface area contributed by atoms with E-state index in [0.29, 0.717) is 5.41 Å². The molecule has 0 bridgehead atoms. The fraction of sp³-hybridized carbons (Fsp3) is 1.00. The molecule has 0 aromatic carbocycles. The Balaban J connectivity index is 3.80. The highest BCUT2D eigenvalue weighted by molar-refractivity contribution is 7.98. The van der Waals surface area contributed by atoms with Gasteiger partial charge < -0.3 is 5.32 Å². The van der Waals surface area contributed by atoms with Crippen LogP contribution in [0.3, 0.4) is 0 Å². The molecule has 1 atom stereocenters. The maximum atomic E-state index is 3.29. The molecule has 0 fully saturated rings. The van der Waals surface area contributed by atoms with Crippen molar-refractivity contribution in [1.82, 2.24) is 5.32 Å². The molecule has 0 saturated heterocycles. The van der Waals surface area contributed by atoms with Crippen molar-refractivity contribution in [1.29, 1.82) is 0 Å². The third-order valence-corrected chi connectivity index (χ3v) is 2.98. The van der Waals surface area contributed by atoms with Crippen molar-refractivity contribution < 1.29 is 0 Å². The summed E-state index contributed by atoms with van der Waals surface area (Å²) < 4.78 is 0. The molecular weight excluding hydrogens is 166 g/mol. The Hall–Kier alpha value is 0.310. The van der Waals surface area contributed by atoms with E-state index < -0.39 is 0 Å². The summed E-state index contributed by atoms with van der Waals surface area (Å²) in [4.78, 5) is 0. The minimum absolute atomic E-state index is 0.520. The molecule has 0 radical (unpaired) electrons. The molecule has 0 rings (SSSR count). The van der Waals surface area contributed by atoms with Gasteiger partial charge in [0.1, 0.15) is 0 Å². The van der Waals surface area contributed by atoms with Crippen molar-refractivity contribution in [2.75, 3.05) is 25.6 Å². The van der Waals surface area contributed by atoms with E-state index in [1.54, 1.807) is 0 Å². The predicted molar refractivity (Wildman–Crippen MR) is 59.9 cm³/mol. The first kappa shape index (κ1) is 12.3. The third-order valence-electron chi connectivity index (χ3n) is 2.37. The van der Waals surface area contributed by atoms with E-state index in [4.69, 9.17) is 0 Å². The molecule has 0 aromatic rings. The smallest absolute Gasteiger partial charge is 0.000245 e. The fourth-order valence-corrected chi connectivity index (χ4v) is 2.38. The summed E-state index contributed by atoms with van der Waals surface area (Å²) in [6, 6.07) is 0. The van der Waals surface area contributed by atoms with E-state index in [0.717, 1.165) is 6.54 Å². The third kappa shape index (κ3) is 5.04. The Morgan fingerprint density at radius 1 is 1.33 bits per heavy atom. The summed E-state index contributed by atoms with van der Waals surface area (Å²) in [6.45, 7) is 5.82. The van der Waals surface area contributed by atoms with Gasteiger partial charge in [-0.1, -0.05) is 20.3 Å². The maximum Gasteiger partial charge on any atom is 0.000245 e. The van der Waals surface area contributed by atoms with Gasteiger partial charge in [-0.25, -0.2) is 0 Å².